The number of ether oxygens (including phenoxy) is 3. The van der Waals surface area contributed by atoms with Gasteiger partial charge in [-0.1, -0.05) is 31.2 Å². The summed E-state index contributed by atoms with van der Waals surface area (Å²) in [6.45, 7) is 1.88. The Balaban J connectivity index is 2.30. The zero-order valence-corrected chi connectivity index (χ0v) is 19.4. The highest BCUT2D eigenvalue weighted by Gasteiger charge is 2.48. The number of aromatic hydroxyl groups is 2. The van der Waals surface area contributed by atoms with Crippen LogP contribution in [-0.2, 0) is 14.2 Å². The van der Waals surface area contributed by atoms with Crippen LogP contribution in [0, 0.1) is 5.41 Å². The Morgan fingerprint density at radius 1 is 0.706 bits per heavy atom. The second kappa shape index (κ2) is 14.2. The van der Waals surface area contributed by atoms with E-state index in [0.717, 1.165) is 11.1 Å². The molecule has 6 N–H and O–H groups in total. The molecule has 0 aliphatic rings. The third-order valence-corrected chi connectivity index (χ3v) is 5.98. The maximum Gasteiger partial charge on any atom is 0.115 e. The predicted molar refractivity (Wildman–Crippen MR) is 125 cm³/mol. The first-order chi connectivity index (χ1) is 16.4. The standard InChI is InChI=1S/C25H36O9/c1-25(22(31)16-27,23(17-28)34-15-14-33-13-12-32-11-10-26)24(18-2-6-20(29)7-3-18)19-4-8-21(30)9-5-19/h2-9,22-24,26-31H,10-17H2,1H3. The predicted octanol–water partition coefficient (Wildman–Crippen LogP) is 0.992. The smallest absolute Gasteiger partial charge is 0.115 e. The quantitative estimate of drug-likeness (QED) is 0.193. The van der Waals surface area contributed by atoms with Crippen LogP contribution in [-0.4, -0.2) is 95.7 Å². The highest BCUT2D eigenvalue weighted by molar-refractivity contribution is 5.40. The fourth-order valence-corrected chi connectivity index (χ4v) is 4.10. The Morgan fingerprint density at radius 2 is 1.18 bits per heavy atom. The lowest BCUT2D eigenvalue weighted by Gasteiger charge is -2.46. The van der Waals surface area contributed by atoms with Gasteiger partial charge in [-0.25, -0.2) is 0 Å². The van der Waals surface area contributed by atoms with Crippen molar-refractivity contribution < 1.29 is 44.8 Å². The van der Waals surface area contributed by atoms with Crippen molar-refractivity contribution in [1.29, 1.82) is 0 Å². The summed E-state index contributed by atoms with van der Waals surface area (Å²) in [6.07, 6.45) is -2.17. The second-order valence-electron chi connectivity index (χ2n) is 8.17. The van der Waals surface area contributed by atoms with Gasteiger partial charge in [0.25, 0.3) is 0 Å². The molecule has 3 unspecified atom stereocenters. The van der Waals surface area contributed by atoms with E-state index in [-0.39, 0.29) is 37.9 Å². The van der Waals surface area contributed by atoms with Crippen molar-refractivity contribution in [2.45, 2.75) is 25.0 Å². The number of rotatable bonds is 16. The number of phenols is 2. The zero-order valence-electron chi connectivity index (χ0n) is 19.4. The zero-order chi connectivity index (χ0) is 25.0. The Bertz CT molecular complexity index is 767. The molecule has 9 heteroatoms. The van der Waals surface area contributed by atoms with E-state index in [1.54, 1.807) is 31.2 Å². The van der Waals surface area contributed by atoms with E-state index in [1.165, 1.54) is 24.3 Å². The van der Waals surface area contributed by atoms with Gasteiger partial charge >= 0.3 is 0 Å². The Morgan fingerprint density at radius 3 is 1.62 bits per heavy atom. The summed E-state index contributed by atoms with van der Waals surface area (Å²) in [6, 6.07) is 12.9. The lowest BCUT2D eigenvalue weighted by molar-refractivity contribution is -0.138. The number of aliphatic hydroxyl groups excluding tert-OH is 4. The monoisotopic (exact) mass is 480 g/mol. The van der Waals surface area contributed by atoms with Crippen molar-refractivity contribution in [3.63, 3.8) is 0 Å². The molecule has 3 atom stereocenters. The van der Waals surface area contributed by atoms with Gasteiger partial charge in [0.1, 0.15) is 11.5 Å². The Kier molecular flexibility index (Phi) is 11.7. The molecule has 0 bridgehead atoms. The van der Waals surface area contributed by atoms with E-state index in [1.807, 2.05) is 0 Å². The molecule has 0 aliphatic carbocycles. The average Bonchev–Trinajstić information content (AvgIpc) is 2.85. The Hall–Kier alpha value is -2.24. The fraction of sp³-hybridized carbons (Fsp3) is 0.520. The van der Waals surface area contributed by atoms with Crippen LogP contribution in [0.3, 0.4) is 0 Å². The maximum atomic E-state index is 11.0. The molecule has 34 heavy (non-hydrogen) atoms. The first kappa shape index (κ1) is 28.0. The molecular formula is C25H36O9. The SMILES string of the molecule is CC(C(O)CO)(C(CO)OCCOCCOCCO)C(c1ccc(O)cc1)c1ccc(O)cc1. The van der Waals surface area contributed by atoms with Gasteiger partial charge in [0.2, 0.25) is 0 Å². The highest BCUT2D eigenvalue weighted by Crippen LogP contribution is 2.47. The van der Waals surface area contributed by atoms with E-state index < -0.39 is 36.8 Å². The summed E-state index contributed by atoms with van der Waals surface area (Å²) < 4.78 is 16.5. The van der Waals surface area contributed by atoms with Crippen LogP contribution in [0.25, 0.3) is 0 Å². The summed E-state index contributed by atoms with van der Waals surface area (Å²) in [4.78, 5) is 0. The van der Waals surface area contributed by atoms with Crippen LogP contribution in [0.2, 0.25) is 0 Å². The summed E-state index contributed by atoms with van der Waals surface area (Å²) in [5.74, 6) is -0.416. The van der Waals surface area contributed by atoms with Gasteiger partial charge in [-0.3, -0.25) is 0 Å². The van der Waals surface area contributed by atoms with Crippen molar-refractivity contribution in [3.05, 3.63) is 59.7 Å². The van der Waals surface area contributed by atoms with E-state index in [4.69, 9.17) is 19.3 Å². The minimum atomic E-state index is -1.27. The third kappa shape index (κ3) is 7.38. The first-order valence-electron chi connectivity index (χ1n) is 11.2. The lowest BCUT2D eigenvalue weighted by atomic mass is 9.63. The van der Waals surface area contributed by atoms with Gasteiger partial charge < -0.3 is 44.8 Å². The molecule has 2 rings (SSSR count). The molecule has 0 saturated carbocycles. The summed E-state index contributed by atoms with van der Waals surface area (Å²) in [7, 11) is 0. The van der Waals surface area contributed by atoms with E-state index in [9.17, 15) is 25.5 Å². The lowest BCUT2D eigenvalue weighted by Crippen LogP contribution is -2.52. The molecule has 0 radical (unpaired) electrons. The summed E-state index contributed by atoms with van der Waals surface area (Å²) in [5.41, 5.74) is 0.234. The molecule has 0 saturated heterocycles. The maximum absolute atomic E-state index is 11.0. The average molecular weight is 481 g/mol. The normalized spacial score (nSPS) is 15.2. The third-order valence-electron chi connectivity index (χ3n) is 5.98. The largest absolute Gasteiger partial charge is 0.508 e. The van der Waals surface area contributed by atoms with Crippen LogP contribution in [0.1, 0.15) is 24.0 Å². The van der Waals surface area contributed by atoms with Crippen LogP contribution in [0.15, 0.2) is 48.5 Å². The minimum Gasteiger partial charge on any atom is -0.508 e. The van der Waals surface area contributed by atoms with E-state index in [0.29, 0.717) is 13.2 Å². The van der Waals surface area contributed by atoms with Crippen molar-refractivity contribution in [1.82, 2.24) is 0 Å². The number of benzene rings is 2. The molecule has 2 aromatic rings. The molecular weight excluding hydrogens is 444 g/mol. The second-order valence-corrected chi connectivity index (χ2v) is 8.17. The van der Waals surface area contributed by atoms with Gasteiger partial charge in [-0.05, 0) is 35.4 Å². The van der Waals surface area contributed by atoms with Crippen LogP contribution in [0.4, 0.5) is 0 Å². The number of aliphatic hydroxyl groups is 4. The number of phenolic OH excluding ortho intramolecular Hbond substituents is 2. The number of hydrogen-bond acceptors (Lipinski definition) is 9. The van der Waals surface area contributed by atoms with Crippen LogP contribution >= 0.6 is 0 Å². The van der Waals surface area contributed by atoms with Gasteiger partial charge in [0, 0.05) is 11.3 Å². The molecule has 0 heterocycles. The highest BCUT2D eigenvalue weighted by atomic mass is 16.6. The van der Waals surface area contributed by atoms with E-state index >= 15 is 0 Å². The molecule has 0 aromatic heterocycles. The Labute approximate surface area is 199 Å². The van der Waals surface area contributed by atoms with E-state index in [2.05, 4.69) is 0 Å². The van der Waals surface area contributed by atoms with Gasteiger partial charge in [0.15, 0.2) is 0 Å². The molecule has 9 nitrogen and oxygen atoms in total. The molecule has 2 aromatic carbocycles. The minimum absolute atomic E-state index is 0.0592. The van der Waals surface area contributed by atoms with Crippen molar-refractivity contribution in [3.8, 4) is 11.5 Å². The molecule has 0 spiro atoms. The summed E-state index contributed by atoms with van der Waals surface area (Å²) >= 11 is 0. The first-order valence-corrected chi connectivity index (χ1v) is 11.2. The topological polar surface area (TPSA) is 149 Å². The number of hydrogen-bond donors (Lipinski definition) is 6. The van der Waals surface area contributed by atoms with Crippen molar-refractivity contribution >= 4 is 0 Å². The van der Waals surface area contributed by atoms with Crippen molar-refractivity contribution in [2.75, 3.05) is 52.9 Å². The molecule has 190 valence electrons. The van der Waals surface area contributed by atoms with Crippen LogP contribution in [0.5, 0.6) is 11.5 Å². The molecule has 0 amide bonds. The summed E-state index contributed by atoms with van der Waals surface area (Å²) in [5, 5.41) is 59.4. The fourth-order valence-electron chi connectivity index (χ4n) is 4.10. The van der Waals surface area contributed by atoms with Crippen LogP contribution < -0.4 is 0 Å². The van der Waals surface area contributed by atoms with Gasteiger partial charge in [-0.2, -0.15) is 0 Å². The molecule has 0 aliphatic heterocycles. The van der Waals surface area contributed by atoms with Crippen molar-refractivity contribution in [2.24, 2.45) is 5.41 Å². The van der Waals surface area contributed by atoms with Gasteiger partial charge in [0.05, 0.1) is 65.1 Å². The van der Waals surface area contributed by atoms with Gasteiger partial charge in [-0.15, -0.1) is 0 Å². The molecule has 0 fully saturated rings.